The summed E-state index contributed by atoms with van der Waals surface area (Å²) in [7, 11) is 0. The number of benzene rings is 3. The van der Waals surface area contributed by atoms with E-state index in [1.165, 1.54) is 0 Å². The van der Waals surface area contributed by atoms with Gasteiger partial charge in [0, 0.05) is 21.7 Å². The largest absolute Gasteiger partial charge is 0.334 e. The van der Waals surface area contributed by atoms with Gasteiger partial charge in [-0.2, -0.15) is 0 Å². The molecular formula is C25H23ClN3O2+. The van der Waals surface area contributed by atoms with Crippen molar-refractivity contribution < 1.29 is 14.3 Å². The van der Waals surface area contributed by atoms with Crippen molar-refractivity contribution in [2.75, 3.05) is 0 Å². The fourth-order valence-corrected chi connectivity index (χ4v) is 3.71. The number of hydrogen-bond acceptors (Lipinski definition) is 2. The highest BCUT2D eigenvalue weighted by Gasteiger charge is 2.47. The van der Waals surface area contributed by atoms with Crippen LogP contribution in [0.25, 0.3) is 0 Å². The second-order valence-electron chi connectivity index (χ2n) is 7.74. The lowest BCUT2D eigenvalue weighted by molar-refractivity contribution is -0.596. The molecule has 0 saturated carbocycles. The summed E-state index contributed by atoms with van der Waals surface area (Å²) in [6.45, 7) is 3.97. The number of rotatable bonds is 4. The maximum atomic E-state index is 12.9. The summed E-state index contributed by atoms with van der Waals surface area (Å²) in [5, 5.41) is 3.56. The Morgan fingerprint density at radius 1 is 0.935 bits per heavy atom. The highest BCUT2D eigenvalue weighted by Crippen LogP contribution is 2.26. The van der Waals surface area contributed by atoms with Gasteiger partial charge in [-0.3, -0.25) is 9.59 Å². The predicted octanol–water partition coefficient (Wildman–Crippen LogP) is 3.97. The molecule has 1 fully saturated rings. The smallest absolute Gasteiger partial charge is 0.304 e. The first kappa shape index (κ1) is 20.8. The van der Waals surface area contributed by atoms with Gasteiger partial charge in [0.25, 0.3) is 5.91 Å². The number of nitrogens with one attached hydrogen (secondary N) is 2. The minimum absolute atomic E-state index is 0.267. The second-order valence-corrected chi connectivity index (χ2v) is 8.17. The second kappa shape index (κ2) is 8.74. The van der Waals surface area contributed by atoms with Crippen molar-refractivity contribution in [3.8, 4) is 0 Å². The van der Waals surface area contributed by atoms with Crippen molar-refractivity contribution in [3.63, 3.8) is 0 Å². The summed E-state index contributed by atoms with van der Waals surface area (Å²) in [4.78, 5) is 25.7. The Bertz CT molecular complexity index is 1140. The van der Waals surface area contributed by atoms with Gasteiger partial charge in [0.2, 0.25) is 12.3 Å². The summed E-state index contributed by atoms with van der Waals surface area (Å²) in [6.07, 6.45) is 1.84. The van der Waals surface area contributed by atoms with Crippen molar-refractivity contribution >= 4 is 29.6 Å². The molecule has 1 saturated heterocycles. The van der Waals surface area contributed by atoms with Crippen LogP contribution >= 0.6 is 11.6 Å². The van der Waals surface area contributed by atoms with Crippen molar-refractivity contribution in [2.45, 2.75) is 25.9 Å². The number of aryl methyl sites for hydroxylation is 2. The van der Waals surface area contributed by atoms with E-state index in [1.807, 2.05) is 68.6 Å². The monoisotopic (exact) mass is 432 g/mol. The molecule has 0 radical (unpaired) electrons. The van der Waals surface area contributed by atoms with E-state index in [1.54, 1.807) is 28.9 Å². The molecule has 5 nitrogen and oxygen atoms in total. The van der Waals surface area contributed by atoms with Crippen LogP contribution in [0.3, 0.4) is 0 Å². The van der Waals surface area contributed by atoms with E-state index in [9.17, 15) is 9.59 Å². The molecule has 6 heteroatoms. The van der Waals surface area contributed by atoms with E-state index in [-0.39, 0.29) is 11.8 Å². The third-order valence-electron chi connectivity index (χ3n) is 5.31. The first-order valence-corrected chi connectivity index (χ1v) is 10.4. The number of amides is 2. The van der Waals surface area contributed by atoms with Gasteiger partial charge >= 0.3 is 5.91 Å². The van der Waals surface area contributed by atoms with Crippen molar-refractivity contribution in [1.82, 2.24) is 10.7 Å². The molecule has 2 N–H and O–H groups in total. The Kier molecular flexibility index (Phi) is 5.87. The molecule has 1 aliphatic rings. The number of halogens is 1. The number of carbonyl (C=O) groups excluding carboxylic acids is 2. The standard InChI is InChI=1S/C25H22ClN3O2/c1-16-3-9-19(10-4-16)23-22(27-24(30)20-11-5-17(2)6-12-20)25(31)28-29(23)15-18-7-13-21(26)14-8-18/h3-15,22-23H,1-2H3,(H-,27,28,30,31)/p+1/b29-15-/t22-,23+/m1/s1. The van der Waals surface area contributed by atoms with Gasteiger partial charge in [-0.1, -0.05) is 59.1 Å². The van der Waals surface area contributed by atoms with Crippen molar-refractivity contribution in [1.29, 1.82) is 0 Å². The molecule has 0 aromatic heterocycles. The topological polar surface area (TPSA) is 61.2 Å². The van der Waals surface area contributed by atoms with Crippen LogP contribution < -0.4 is 10.7 Å². The molecule has 0 aliphatic carbocycles. The number of nitrogens with zero attached hydrogens (tertiary/aromatic N) is 1. The summed E-state index contributed by atoms with van der Waals surface area (Å²) >= 11 is 5.99. The molecule has 0 bridgehead atoms. The summed E-state index contributed by atoms with van der Waals surface area (Å²) < 4.78 is 1.75. The lowest BCUT2D eigenvalue weighted by Crippen LogP contribution is -2.42. The molecule has 1 heterocycles. The van der Waals surface area contributed by atoms with Crippen LogP contribution in [0.4, 0.5) is 0 Å². The van der Waals surface area contributed by atoms with Gasteiger partial charge in [-0.25, -0.2) is 0 Å². The third kappa shape index (κ3) is 4.67. The van der Waals surface area contributed by atoms with Crippen LogP contribution in [0.5, 0.6) is 0 Å². The highest BCUT2D eigenvalue weighted by atomic mass is 35.5. The van der Waals surface area contributed by atoms with E-state index in [4.69, 9.17) is 11.6 Å². The fourth-order valence-electron chi connectivity index (χ4n) is 3.58. The Labute approximate surface area is 186 Å². The molecule has 3 aromatic carbocycles. The average Bonchev–Trinajstić information content (AvgIpc) is 3.05. The Morgan fingerprint density at radius 3 is 2.13 bits per heavy atom. The maximum Gasteiger partial charge on any atom is 0.304 e. The van der Waals surface area contributed by atoms with E-state index in [0.717, 1.165) is 22.3 Å². The van der Waals surface area contributed by atoms with Crippen LogP contribution in [0.15, 0.2) is 72.8 Å². The van der Waals surface area contributed by atoms with Crippen molar-refractivity contribution in [2.24, 2.45) is 0 Å². The summed E-state index contributed by atoms with van der Waals surface area (Å²) in [5.41, 5.74) is 7.39. The Balaban J connectivity index is 1.69. The molecule has 156 valence electrons. The van der Waals surface area contributed by atoms with E-state index in [2.05, 4.69) is 10.7 Å². The molecule has 2 atom stereocenters. The average molecular weight is 433 g/mol. The van der Waals surface area contributed by atoms with E-state index < -0.39 is 12.1 Å². The van der Waals surface area contributed by atoms with Crippen LogP contribution in [0.1, 0.15) is 38.7 Å². The van der Waals surface area contributed by atoms with Crippen LogP contribution in [-0.2, 0) is 4.79 Å². The zero-order valence-electron chi connectivity index (χ0n) is 17.3. The number of hydrogen-bond donors (Lipinski definition) is 2. The van der Waals surface area contributed by atoms with Gasteiger partial charge in [-0.15, -0.1) is 10.1 Å². The predicted molar refractivity (Wildman–Crippen MR) is 121 cm³/mol. The number of hydrazone groups is 1. The minimum Gasteiger partial charge on any atom is -0.334 e. The molecule has 0 unspecified atom stereocenters. The van der Waals surface area contributed by atoms with Gasteiger partial charge in [-0.05, 0) is 50.2 Å². The normalized spacial score (nSPS) is 19.3. The lowest BCUT2D eigenvalue weighted by atomic mass is 9.98. The van der Waals surface area contributed by atoms with Gasteiger partial charge in [0.15, 0.2) is 6.04 Å². The highest BCUT2D eigenvalue weighted by molar-refractivity contribution is 6.30. The fraction of sp³-hybridized carbons (Fsp3) is 0.160. The Morgan fingerprint density at radius 2 is 1.52 bits per heavy atom. The molecular weight excluding hydrogens is 410 g/mol. The minimum atomic E-state index is -0.750. The summed E-state index contributed by atoms with van der Waals surface area (Å²) in [6, 6.07) is 21.4. The molecule has 1 aliphatic heterocycles. The first-order valence-electron chi connectivity index (χ1n) is 10.0. The van der Waals surface area contributed by atoms with Crippen LogP contribution in [0, 0.1) is 13.8 Å². The maximum absolute atomic E-state index is 12.9. The quantitative estimate of drug-likeness (QED) is 0.613. The lowest BCUT2D eigenvalue weighted by Gasteiger charge is -2.15. The molecule has 3 aromatic rings. The van der Waals surface area contributed by atoms with Crippen LogP contribution in [-0.4, -0.2) is 28.8 Å². The molecule has 4 rings (SSSR count). The zero-order valence-corrected chi connectivity index (χ0v) is 18.1. The SMILES string of the molecule is Cc1ccc(C(=O)N[C@H]2C(=O)N/[N+](=C\c3ccc(Cl)cc3)[C@H]2c2ccc(C)cc2)cc1. The van der Waals surface area contributed by atoms with Crippen LogP contribution in [0.2, 0.25) is 5.02 Å². The molecule has 31 heavy (non-hydrogen) atoms. The van der Waals surface area contributed by atoms with Crippen molar-refractivity contribution in [3.05, 3.63) is 106 Å². The van der Waals surface area contributed by atoms with Gasteiger partial charge in [0.05, 0.1) is 0 Å². The molecule has 2 amide bonds. The zero-order chi connectivity index (χ0) is 22.0. The van der Waals surface area contributed by atoms with Gasteiger partial charge in [0.1, 0.15) is 0 Å². The molecule has 0 spiro atoms. The van der Waals surface area contributed by atoms with Gasteiger partial charge < -0.3 is 5.32 Å². The Hall–Kier alpha value is -3.44. The first-order chi connectivity index (χ1) is 14.9. The van der Waals surface area contributed by atoms with E-state index in [0.29, 0.717) is 10.6 Å². The third-order valence-corrected chi connectivity index (χ3v) is 5.57. The number of carbonyl (C=O) groups is 2. The summed E-state index contributed by atoms with van der Waals surface area (Å²) in [5.74, 6) is -0.554. The number of hydrazine groups is 1. The van der Waals surface area contributed by atoms with E-state index >= 15 is 0 Å².